The second-order valence-corrected chi connectivity index (χ2v) is 6.34. The van der Waals surface area contributed by atoms with Crippen molar-refractivity contribution in [2.75, 3.05) is 12.9 Å². The molecule has 1 N–H and O–H groups in total. The fourth-order valence-electron chi connectivity index (χ4n) is 2.61. The van der Waals surface area contributed by atoms with Crippen LogP contribution in [0.5, 0.6) is 5.75 Å². The number of amides is 1. The maximum absolute atomic E-state index is 11.8. The predicted molar refractivity (Wildman–Crippen MR) is 84.3 cm³/mol. The Balaban J connectivity index is 1.77. The van der Waals surface area contributed by atoms with Crippen molar-refractivity contribution < 1.29 is 9.53 Å². The van der Waals surface area contributed by atoms with Crippen molar-refractivity contribution in [1.82, 2.24) is 5.32 Å². The van der Waals surface area contributed by atoms with Gasteiger partial charge in [0, 0.05) is 17.4 Å². The molecular weight excluding hydrogens is 270 g/mol. The van der Waals surface area contributed by atoms with Crippen molar-refractivity contribution in [3.05, 3.63) is 29.3 Å². The summed E-state index contributed by atoms with van der Waals surface area (Å²) < 4.78 is 5.35. The van der Waals surface area contributed by atoms with E-state index in [0.717, 1.165) is 29.9 Å². The standard InChI is InChI=1S/C16H23NO2S/c1-12-7-8-15(19-2)13(9-12)10-20-11-16(18)17-14-5-3-4-6-14/h7-9,14H,3-6,10-11H2,1-2H3,(H,17,18). The van der Waals surface area contributed by atoms with Crippen LogP contribution in [0.2, 0.25) is 0 Å². The molecule has 3 nitrogen and oxygen atoms in total. The van der Waals surface area contributed by atoms with Gasteiger partial charge in [-0.1, -0.05) is 30.5 Å². The first kappa shape index (κ1) is 15.2. The van der Waals surface area contributed by atoms with Gasteiger partial charge < -0.3 is 10.1 Å². The highest BCUT2D eigenvalue weighted by Crippen LogP contribution is 2.24. The lowest BCUT2D eigenvalue weighted by Crippen LogP contribution is -2.33. The van der Waals surface area contributed by atoms with E-state index in [4.69, 9.17) is 4.74 Å². The van der Waals surface area contributed by atoms with Crippen LogP contribution in [0.1, 0.15) is 36.8 Å². The van der Waals surface area contributed by atoms with Gasteiger partial charge in [-0.05, 0) is 25.8 Å². The molecule has 4 heteroatoms. The summed E-state index contributed by atoms with van der Waals surface area (Å²) in [5.74, 6) is 2.39. The molecule has 2 rings (SSSR count). The molecule has 0 radical (unpaired) electrons. The molecule has 1 fully saturated rings. The zero-order valence-corrected chi connectivity index (χ0v) is 13.1. The lowest BCUT2D eigenvalue weighted by molar-refractivity contribution is -0.119. The van der Waals surface area contributed by atoms with Crippen LogP contribution in [0.3, 0.4) is 0 Å². The molecule has 1 amide bonds. The van der Waals surface area contributed by atoms with Crippen molar-refractivity contribution in [3.8, 4) is 5.75 Å². The van der Waals surface area contributed by atoms with Crippen molar-refractivity contribution in [3.63, 3.8) is 0 Å². The van der Waals surface area contributed by atoms with Crippen LogP contribution in [0.25, 0.3) is 0 Å². The first-order chi connectivity index (χ1) is 9.69. The van der Waals surface area contributed by atoms with E-state index >= 15 is 0 Å². The molecule has 1 aliphatic rings. The molecule has 0 aliphatic heterocycles. The van der Waals surface area contributed by atoms with Crippen LogP contribution in [0.15, 0.2) is 18.2 Å². The minimum atomic E-state index is 0.161. The average Bonchev–Trinajstić information content (AvgIpc) is 2.92. The SMILES string of the molecule is COc1ccc(C)cc1CSCC(=O)NC1CCCC1. The smallest absolute Gasteiger partial charge is 0.230 e. The van der Waals surface area contributed by atoms with Crippen molar-refractivity contribution in [2.24, 2.45) is 0 Å². The number of rotatable bonds is 6. The van der Waals surface area contributed by atoms with Crippen molar-refractivity contribution in [2.45, 2.75) is 44.4 Å². The van der Waals surface area contributed by atoms with E-state index in [1.165, 1.54) is 18.4 Å². The molecule has 0 saturated heterocycles. The van der Waals surface area contributed by atoms with E-state index in [0.29, 0.717) is 11.8 Å². The van der Waals surface area contributed by atoms with Gasteiger partial charge in [-0.2, -0.15) is 0 Å². The van der Waals surface area contributed by atoms with Gasteiger partial charge in [0.25, 0.3) is 0 Å². The van der Waals surface area contributed by atoms with E-state index < -0.39 is 0 Å². The van der Waals surface area contributed by atoms with Crippen LogP contribution in [0.4, 0.5) is 0 Å². The minimum absolute atomic E-state index is 0.161. The van der Waals surface area contributed by atoms with Gasteiger partial charge in [0.05, 0.1) is 12.9 Å². The molecule has 0 atom stereocenters. The number of aryl methyl sites for hydroxylation is 1. The highest BCUT2D eigenvalue weighted by atomic mass is 32.2. The number of hydrogen-bond donors (Lipinski definition) is 1. The van der Waals surface area contributed by atoms with Crippen LogP contribution >= 0.6 is 11.8 Å². The summed E-state index contributed by atoms with van der Waals surface area (Å²) in [4.78, 5) is 11.8. The first-order valence-corrected chi connectivity index (χ1v) is 8.35. The van der Waals surface area contributed by atoms with Gasteiger partial charge in [-0.3, -0.25) is 4.79 Å². The predicted octanol–water partition coefficient (Wildman–Crippen LogP) is 3.30. The summed E-state index contributed by atoms with van der Waals surface area (Å²) in [7, 11) is 1.69. The Kier molecular flexibility index (Phi) is 5.77. The third-order valence-corrected chi connectivity index (χ3v) is 4.63. The average molecular weight is 293 g/mol. The van der Waals surface area contributed by atoms with Gasteiger partial charge in [-0.15, -0.1) is 11.8 Å². The van der Waals surface area contributed by atoms with Crippen LogP contribution in [-0.2, 0) is 10.5 Å². The third-order valence-electron chi connectivity index (χ3n) is 3.65. The molecule has 0 bridgehead atoms. The number of carbonyl (C=O) groups is 1. The van der Waals surface area contributed by atoms with Gasteiger partial charge >= 0.3 is 0 Å². The minimum Gasteiger partial charge on any atom is -0.496 e. The lowest BCUT2D eigenvalue weighted by atomic mass is 10.1. The Bertz CT molecular complexity index is 456. The highest BCUT2D eigenvalue weighted by Gasteiger charge is 2.16. The summed E-state index contributed by atoms with van der Waals surface area (Å²) in [6.45, 7) is 2.07. The Morgan fingerprint density at radius 1 is 1.40 bits per heavy atom. The summed E-state index contributed by atoms with van der Waals surface area (Å²) >= 11 is 1.64. The Hall–Kier alpha value is -1.16. The van der Waals surface area contributed by atoms with Gasteiger partial charge in [0.1, 0.15) is 5.75 Å². The van der Waals surface area contributed by atoms with Crippen LogP contribution in [0, 0.1) is 6.92 Å². The first-order valence-electron chi connectivity index (χ1n) is 7.19. The molecule has 0 spiro atoms. The quantitative estimate of drug-likeness (QED) is 0.874. The topological polar surface area (TPSA) is 38.3 Å². The van der Waals surface area contributed by atoms with Gasteiger partial charge in [0.2, 0.25) is 5.91 Å². The highest BCUT2D eigenvalue weighted by molar-refractivity contribution is 7.99. The van der Waals surface area contributed by atoms with Crippen LogP contribution < -0.4 is 10.1 Å². The Morgan fingerprint density at radius 3 is 2.85 bits per heavy atom. The molecule has 0 unspecified atom stereocenters. The van der Waals surface area contributed by atoms with E-state index in [2.05, 4.69) is 18.3 Å². The molecule has 20 heavy (non-hydrogen) atoms. The normalized spacial score (nSPS) is 15.3. The molecule has 0 heterocycles. The van der Waals surface area contributed by atoms with E-state index in [9.17, 15) is 4.79 Å². The lowest BCUT2D eigenvalue weighted by Gasteiger charge is -2.12. The summed E-state index contributed by atoms with van der Waals surface area (Å²) in [5, 5.41) is 3.11. The van der Waals surface area contributed by atoms with E-state index in [-0.39, 0.29) is 5.91 Å². The number of methoxy groups -OCH3 is 1. The van der Waals surface area contributed by atoms with Crippen molar-refractivity contribution in [1.29, 1.82) is 0 Å². The molecular formula is C16H23NO2S. The fourth-order valence-corrected chi connectivity index (χ4v) is 3.43. The number of benzene rings is 1. The summed E-state index contributed by atoms with van der Waals surface area (Å²) in [5.41, 5.74) is 2.38. The number of carbonyl (C=O) groups excluding carboxylic acids is 1. The molecule has 1 aromatic carbocycles. The number of hydrogen-bond acceptors (Lipinski definition) is 3. The van der Waals surface area contributed by atoms with Gasteiger partial charge in [-0.25, -0.2) is 0 Å². The largest absolute Gasteiger partial charge is 0.496 e. The monoisotopic (exact) mass is 293 g/mol. The maximum Gasteiger partial charge on any atom is 0.230 e. The Labute approximate surface area is 125 Å². The van der Waals surface area contributed by atoms with Crippen molar-refractivity contribution >= 4 is 17.7 Å². The zero-order valence-electron chi connectivity index (χ0n) is 12.3. The maximum atomic E-state index is 11.8. The summed E-state index contributed by atoms with van der Waals surface area (Å²) in [6.07, 6.45) is 4.78. The fraction of sp³-hybridized carbons (Fsp3) is 0.562. The molecule has 1 aliphatic carbocycles. The zero-order chi connectivity index (χ0) is 14.4. The van der Waals surface area contributed by atoms with Crippen LogP contribution in [-0.4, -0.2) is 24.8 Å². The second-order valence-electron chi connectivity index (χ2n) is 5.36. The van der Waals surface area contributed by atoms with E-state index in [1.807, 2.05) is 12.1 Å². The molecule has 110 valence electrons. The third kappa shape index (κ3) is 4.44. The summed E-state index contributed by atoms with van der Waals surface area (Å²) in [6, 6.07) is 6.57. The molecule has 1 saturated carbocycles. The van der Waals surface area contributed by atoms with Gasteiger partial charge in [0.15, 0.2) is 0 Å². The number of ether oxygens (including phenoxy) is 1. The molecule has 0 aromatic heterocycles. The second kappa shape index (κ2) is 7.58. The van der Waals surface area contributed by atoms with E-state index in [1.54, 1.807) is 18.9 Å². The number of thioether (sulfide) groups is 1. The number of nitrogens with one attached hydrogen (secondary N) is 1. The molecule has 1 aromatic rings. The Morgan fingerprint density at radius 2 is 2.15 bits per heavy atom.